The second-order valence-corrected chi connectivity index (χ2v) is 37.6. The molecule has 15 nitrogen and oxygen atoms in total. The number of fused-ring (bicyclic) bond motifs is 9. The molecule has 0 amide bonds. The van der Waals surface area contributed by atoms with Gasteiger partial charge in [0.15, 0.2) is 52.4 Å². The van der Waals surface area contributed by atoms with E-state index in [1.54, 1.807) is 36.8 Å². The molecule has 147 heavy (non-hydrogen) atoms. The Labute approximate surface area is 875 Å². The van der Waals surface area contributed by atoms with Crippen LogP contribution in [-0.4, -0.2) is 89.2 Å². The van der Waals surface area contributed by atoms with Gasteiger partial charge in [-0.1, -0.05) is 436 Å². The van der Waals surface area contributed by atoms with E-state index in [1.807, 2.05) is 285 Å². The van der Waals surface area contributed by atoms with Gasteiger partial charge >= 0.3 is 14.2 Å². The lowest BCUT2D eigenvalue weighted by molar-refractivity contribution is 0.424. The van der Waals surface area contributed by atoms with E-state index in [4.69, 9.17) is 54.9 Å². The van der Waals surface area contributed by atoms with E-state index < -0.39 is 14.2 Å². The van der Waals surface area contributed by atoms with Gasteiger partial charge in [0.1, 0.15) is 0 Å². The third-order valence-corrected chi connectivity index (χ3v) is 26.5. The molecule has 0 saturated carbocycles. The number of nitrogens with zero attached hydrogens (tertiary/aromatic N) is 11. The van der Waals surface area contributed by atoms with Crippen molar-refractivity contribution in [2.75, 3.05) is 0 Å². The highest BCUT2D eigenvalue weighted by Crippen LogP contribution is 2.43. The van der Waals surface area contributed by atoms with Crippen LogP contribution in [0.5, 0.6) is 0 Å². The van der Waals surface area contributed by atoms with Crippen molar-refractivity contribution in [3.05, 3.63) is 511 Å². The SMILES string of the molecule is Brc1cc(-c2nc(-c3ccccc3)nc(-c3ccccc3)n2)cc(-c2cc3ccccc3c3ccccc23)c1.Brc1cc(Br)cc(-c2nc(-c3ccccc3)nc(-c3ccccc3)n2)c1.OB(O)c1cc2ccccc2c2ccccc12.OB(O)c1cccc(-c2cccnc2)c1.c1ccc(-c2nc(-c3ccccc3)nc(-c3cc(-c4cccc(-c5cccnc5)c4)cc(-c4cc5ccccc5c5ccccc45)c3)n2)cc1. The van der Waals surface area contributed by atoms with Gasteiger partial charge < -0.3 is 20.1 Å². The Morgan fingerprint density at radius 3 is 0.769 bits per heavy atom. The average molecular weight is 2090 g/mol. The molecule has 0 radical (unpaired) electrons. The maximum absolute atomic E-state index is 9.44. The van der Waals surface area contributed by atoms with Crippen molar-refractivity contribution in [3.8, 4) is 158 Å². The normalized spacial score (nSPS) is 11.0. The Balaban J connectivity index is 0.000000116. The standard InChI is InChI=1S/C46H30N4.C35H22BrN3.C21H13Br2N3.C14H11BO2.C11H10BNO2/c1-3-13-31(14-4-1)44-48-45(32-15-5-2-6-16-32)50-46(49-44)39-27-37(34-19-11-18-33(25-34)36-20-12-24-47-30-36)26-38(28-39)43-29-35-17-7-8-21-40(35)41-22-9-10-23-42(41)43;36-28-20-26(32-22-25-15-7-8-16-29(25)30-17-9-10-18-31(30)32)19-27(21-28)35-38-33(23-11-3-1-4-12-23)37-34(39-35)24-13-5-2-6-14-24;22-17-11-16(12-18(23)13-17)21-25-19(14-7-3-1-4-8-14)24-20(26-21)15-9-5-2-6-10-15;16-15(17)14-9-10-5-1-2-6-11(10)12-7-3-4-8-13(12)14;14-12(15)11-5-1-3-9(7-11)10-4-2-6-13-8-10/h1-30H;1-22H;1-13H;1-9,16-17H;1-8,14-15H. The monoisotopic (exact) mass is 2090 g/mol. The predicted octanol–water partition coefficient (Wildman–Crippen LogP) is 29.7. The van der Waals surface area contributed by atoms with Crippen molar-refractivity contribution in [2.45, 2.75) is 0 Å². The molecule has 0 aliphatic carbocycles. The quantitative estimate of drug-likeness (QED) is 0.0522. The van der Waals surface area contributed by atoms with Gasteiger partial charge in [0.05, 0.1) is 0 Å². The highest BCUT2D eigenvalue weighted by molar-refractivity contribution is 9.11. The zero-order valence-electron chi connectivity index (χ0n) is 78.8. The molecular weight excluding hydrogens is 2000 g/mol. The van der Waals surface area contributed by atoms with E-state index in [2.05, 4.69) is 234 Å². The summed E-state index contributed by atoms with van der Waals surface area (Å²) in [5.74, 6) is 5.78. The number of benzene rings is 20. The number of hydrogen-bond acceptors (Lipinski definition) is 15. The van der Waals surface area contributed by atoms with Crippen LogP contribution in [0.25, 0.3) is 223 Å². The Morgan fingerprint density at radius 2 is 0.408 bits per heavy atom. The fourth-order valence-corrected chi connectivity index (χ4v) is 19.9. The maximum Gasteiger partial charge on any atom is 0.489 e. The molecule has 25 rings (SSSR count). The predicted molar refractivity (Wildman–Crippen MR) is 612 cm³/mol. The highest BCUT2D eigenvalue weighted by Gasteiger charge is 2.23. The number of pyridine rings is 2. The zero-order chi connectivity index (χ0) is 99.9. The van der Waals surface area contributed by atoms with Gasteiger partial charge in [0.2, 0.25) is 0 Å². The number of halogens is 3. The first-order valence-corrected chi connectivity index (χ1v) is 50.1. The fraction of sp³-hybridized carbons (Fsp3) is 0. The summed E-state index contributed by atoms with van der Waals surface area (Å²) in [7, 11) is -2.87. The summed E-state index contributed by atoms with van der Waals surface area (Å²) < 4.78 is 2.89. The Hall–Kier alpha value is -17.3. The molecule has 0 unspecified atom stereocenters. The van der Waals surface area contributed by atoms with Crippen LogP contribution in [0.3, 0.4) is 0 Å². The lowest BCUT2D eigenvalue weighted by Crippen LogP contribution is -2.30. The van der Waals surface area contributed by atoms with E-state index in [0.29, 0.717) is 63.3 Å². The summed E-state index contributed by atoms with van der Waals surface area (Å²) in [4.78, 5) is 52.4. The summed E-state index contributed by atoms with van der Waals surface area (Å²) in [5, 5.41) is 50.8. The summed E-state index contributed by atoms with van der Waals surface area (Å²) in [6.07, 6.45) is 7.15. The minimum Gasteiger partial charge on any atom is -0.423 e. The molecule has 4 N–H and O–H groups in total. The molecule has 0 aliphatic rings. The number of hydrogen-bond donors (Lipinski definition) is 4. The minimum absolute atomic E-state index is 0.483. The summed E-state index contributed by atoms with van der Waals surface area (Å²) >= 11 is 10.8. The van der Waals surface area contributed by atoms with Crippen molar-refractivity contribution in [1.29, 1.82) is 0 Å². The van der Waals surface area contributed by atoms with Gasteiger partial charge in [-0.25, -0.2) is 44.9 Å². The summed E-state index contributed by atoms with van der Waals surface area (Å²) in [6.45, 7) is 0. The van der Waals surface area contributed by atoms with Crippen LogP contribution in [0, 0.1) is 0 Å². The molecule has 25 aromatic rings. The summed E-state index contributed by atoms with van der Waals surface area (Å²) in [5.41, 5.74) is 20.3. The molecule has 5 heterocycles. The van der Waals surface area contributed by atoms with Crippen LogP contribution in [0.4, 0.5) is 0 Å². The van der Waals surface area contributed by atoms with Crippen LogP contribution < -0.4 is 10.9 Å². The van der Waals surface area contributed by atoms with Gasteiger partial charge in [-0.2, -0.15) is 0 Å². The Kier molecular flexibility index (Phi) is 29.1. The second-order valence-electron chi connectivity index (χ2n) is 34.9. The molecule has 0 spiro atoms. The highest BCUT2D eigenvalue weighted by atomic mass is 79.9. The van der Waals surface area contributed by atoms with Crippen LogP contribution in [-0.2, 0) is 0 Å². The molecule has 0 atom stereocenters. The molecule has 20 aromatic carbocycles. The van der Waals surface area contributed by atoms with Crippen molar-refractivity contribution in [1.82, 2.24) is 54.8 Å². The van der Waals surface area contributed by atoms with Crippen LogP contribution in [0.2, 0.25) is 0 Å². The van der Waals surface area contributed by atoms with E-state index in [9.17, 15) is 10.0 Å². The summed E-state index contributed by atoms with van der Waals surface area (Å²) in [6, 6.07) is 160. The van der Waals surface area contributed by atoms with E-state index >= 15 is 0 Å². The lowest BCUT2D eigenvalue weighted by atomic mass is 9.76. The van der Waals surface area contributed by atoms with E-state index in [1.165, 1.54) is 48.7 Å². The molecule has 0 saturated heterocycles. The molecule has 5 aromatic heterocycles. The minimum atomic E-state index is -1.44. The second kappa shape index (κ2) is 44.7. The van der Waals surface area contributed by atoms with Gasteiger partial charge in [-0.3, -0.25) is 9.97 Å². The zero-order valence-corrected chi connectivity index (χ0v) is 83.6. The van der Waals surface area contributed by atoms with Crippen molar-refractivity contribution < 1.29 is 20.1 Å². The molecule has 20 heteroatoms. The van der Waals surface area contributed by atoms with Crippen LogP contribution in [0.1, 0.15) is 0 Å². The third-order valence-electron chi connectivity index (χ3n) is 25.2. The van der Waals surface area contributed by atoms with Crippen molar-refractivity contribution in [3.63, 3.8) is 0 Å². The molecule has 0 fully saturated rings. The number of aromatic nitrogens is 11. The number of rotatable bonds is 16. The smallest absolute Gasteiger partial charge is 0.423 e. The van der Waals surface area contributed by atoms with Crippen molar-refractivity contribution >= 4 is 138 Å². The van der Waals surface area contributed by atoms with Crippen molar-refractivity contribution in [2.24, 2.45) is 0 Å². The average Bonchev–Trinajstić information content (AvgIpc) is 0.749. The maximum atomic E-state index is 9.44. The topological polar surface area (TPSA) is 223 Å². The van der Waals surface area contributed by atoms with Gasteiger partial charge in [0, 0.05) is 93.8 Å². The van der Waals surface area contributed by atoms with Crippen LogP contribution >= 0.6 is 47.8 Å². The molecule has 700 valence electrons. The first-order chi connectivity index (χ1) is 72.2. The first-order valence-electron chi connectivity index (χ1n) is 47.7. The third kappa shape index (κ3) is 22.3. The molecule has 0 aliphatic heterocycles. The first kappa shape index (κ1) is 95.9. The van der Waals surface area contributed by atoms with Gasteiger partial charge in [-0.15, -0.1) is 0 Å². The van der Waals surface area contributed by atoms with E-state index in [-0.39, 0.29) is 0 Å². The van der Waals surface area contributed by atoms with Gasteiger partial charge in [0.25, 0.3) is 0 Å². The molecular formula is C127H86B2Br3N11O4. The van der Waals surface area contributed by atoms with Gasteiger partial charge in [-0.05, 0) is 211 Å². The van der Waals surface area contributed by atoms with E-state index in [0.717, 1.165) is 135 Å². The largest absolute Gasteiger partial charge is 0.489 e. The fourth-order valence-electron chi connectivity index (χ4n) is 18.2. The Morgan fingerprint density at radius 1 is 0.163 bits per heavy atom. The Bertz CT molecular complexity index is 8860. The lowest BCUT2D eigenvalue weighted by Gasteiger charge is -2.15. The van der Waals surface area contributed by atoms with Crippen LogP contribution in [0.15, 0.2) is 511 Å². The molecule has 0 bridgehead atoms.